The number of aromatic nitrogens is 2. The number of anilines is 1. The number of fused-ring (bicyclic) bond motifs is 1. The van der Waals surface area contributed by atoms with E-state index in [1.165, 1.54) is 0 Å². The third-order valence-electron chi connectivity index (χ3n) is 2.33. The lowest BCUT2D eigenvalue weighted by Crippen LogP contribution is -2.23. The summed E-state index contributed by atoms with van der Waals surface area (Å²) < 4.78 is 1.64. The van der Waals surface area contributed by atoms with Crippen molar-refractivity contribution in [2.75, 3.05) is 12.3 Å². The molecule has 0 bridgehead atoms. The molecule has 5 nitrogen and oxygen atoms in total. The zero-order chi connectivity index (χ0) is 11.5. The van der Waals surface area contributed by atoms with Crippen molar-refractivity contribution in [3.05, 3.63) is 30.1 Å². The number of carbonyl (C=O) groups excluding carboxylic acids is 1. The first kappa shape index (κ1) is 10.5. The molecule has 0 saturated carbocycles. The molecule has 0 atom stereocenters. The SMILES string of the molecule is CCCNC(=O)c1cnn2ccc(N)cc12. The van der Waals surface area contributed by atoms with Crippen LogP contribution in [0.2, 0.25) is 0 Å². The average Bonchev–Trinajstić information content (AvgIpc) is 2.68. The molecule has 2 aromatic rings. The fourth-order valence-corrected chi connectivity index (χ4v) is 1.51. The largest absolute Gasteiger partial charge is 0.399 e. The van der Waals surface area contributed by atoms with Crippen LogP contribution in [0.1, 0.15) is 23.7 Å². The molecular weight excluding hydrogens is 204 g/mol. The highest BCUT2D eigenvalue weighted by Gasteiger charge is 2.11. The van der Waals surface area contributed by atoms with Crippen LogP contribution >= 0.6 is 0 Å². The fourth-order valence-electron chi connectivity index (χ4n) is 1.51. The number of nitrogens with zero attached hydrogens (tertiary/aromatic N) is 2. The van der Waals surface area contributed by atoms with Crippen molar-refractivity contribution < 1.29 is 4.79 Å². The monoisotopic (exact) mass is 218 g/mol. The van der Waals surface area contributed by atoms with E-state index in [0.29, 0.717) is 17.8 Å². The molecule has 0 aromatic carbocycles. The molecule has 0 saturated heterocycles. The Hall–Kier alpha value is -2.04. The number of hydrogen-bond acceptors (Lipinski definition) is 3. The van der Waals surface area contributed by atoms with Crippen LogP contribution in [-0.4, -0.2) is 22.1 Å². The first-order valence-electron chi connectivity index (χ1n) is 5.23. The van der Waals surface area contributed by atoms with Crippen molar-refractivity contribution in [3.63, 3.8) is 0 Å². The molecule has 0 spiro atoms. The Labute approximate surface area is 93.2 Å². The molecule has 0 unspecified atom stereocenters. The molecule has 0 aliphatic carbocycles. The van der Waals surface area contributed by atoms with E-state index in [1.807, 2.05) is 6.92 Å². The molecule has 0 fully saturated rings. The molecule has 0 aliphatic heterocycles. The number of pyridine rings is 1. The van der Waals surface area contributed by atoms with Gasteiger partial charge in [0.25, 0.3) is 5.91 Å². The van der Waals surface area contributed by atoms with Crippen LogP contribution in [0.4, 0.5) is 5.69 Å². The second-order valence-corrected chi connectivity index (χ2v) is 3.60. The number of rotatable bonds is 3. The van der Waals surface area contributed by atoms with Crippen molar-refractivity contribution in [2.24, 2.45) is 0 Å². The minimum Gasteiger partial charge on any atom is -0.399 e. The van der Waals surface area contributed by atoms with Crippen LogP contribution in [0.15, 0.2) is 24.5 Å². The standard InChI is InChI=1S/C11H14N4O/c1-2-4-13-11(16)9-7-14-15-5-3-8(12)6-10(9)15/h3,5-7H,2,4,12H2,1H3,(H,13,16). The highest BCUT2D eigenvalue weighted by Crippen LogP contribution is 2.13. The van der Waals surface area contributed by atoms with Crippen LogP contribution < -0.4 is 11.1 Å². The summed E-state index contributed by atoms with van der Waals surface area (Å²) in [5.74, 6) is -0.109. The minimum absolute atomic E-state index is 0.109. The molecule has 1 amide bonds. The summed E-state index contributed by atoms with van der Waals surface area (Å²) in [5.41, 5.74) is 7.59. The predicted octanol–water partition coefficient (Wildman–Crippen LogP) is 1.06. The third-order valence-corrected chi connectivity index (χ3v) is 2.33. The van der Waals surface area contributed by atoms with E-state index in [9.17, 15) is 4.79 Å². The summed E-state index contributed by atoms with van der Waals surface area (Å²) in [6, 6.07) is 3.49. The zero-order valence-electron chi connectivity index (χ0n) is 9.10. The second kappa shape index (κ2) is 4.22. The highest BCUT2D eigenvalue weighted by atomic mass is 16.1. The maximum atomic E-state index is 11.8. The molecule has 3 N–H and O–H groups in total. The summed E-state index contributed by atoms with van der Waals surface area (Å²) >= 11 is 0. The van der Waals surface area contributed by atoms with Gasteiger partial charge >= 0.3 is 0 Å². The predicted molar refractivity (Wildman–Crippen MR) is 62.2 cm³/mol. The van der Waals surface area contributed by atoms with Crippen LogP contribution in [0.3, 0.4) is 0 Å². The topological polar surface area (TPSA) is 72.4 Å². The van der Waals surface area contributed by atoms with Gasteiger partial charge in [-0.05, 0) is 18.6 Å². The Morgan fingerprint density at radius 2 is 2.44 bits per heavy atom. The molecule has 5 heteroatoms. The Balaban J connectivity index is 2.37. The molecule has 0 radical (unpaired) electrons. The van der Waals surface area contributed by atoms with Gasteiger partial charge in [-0.2, -0.15) is 5.10 Å². The van der Waals surface area contributed by atoms with Gasteiger partial charge in [0.15, 0.2) is 0 Å². The number of amides is 1. The zero-order valence-corrected chi connectivity index (χ0v) is 9.10. The Morgan fingerprint density at radius 1 is 1.62 bits per heavy atom. The molecule has 2 rings (SSSR count). The smallest absolute Gasteiger partial charge is 0.255 e. The maximum absolute atomic E-state index is 11.8. The van der Waals surface area contributed by atoms with Gasteiger partial charge in [0.1, 0.15) is 0 Å². The van der Waals surface area contributed by atoms with Gasteiger partial charge in [-0.3, -0.25) is 4.79 Å². The summed E-state index contributed by atoms with van der Waals surface area (Å²) in [5, 5.41) is 6.90. The summed E-state index contributed by atoms with van der Waals surface area (Å²) in [4.78, 5) is 11.8. The maximum Gasteiger partial charge on any atom is 0.255 e. The lowest BCUT2D eigenvalue weighted by molar-refractivity contribution is 0.0955. The molecule has 2 aromatic heterocycles. The van der Waals surface area contributed by atoms with E-state index in [0.717, 1.165) is 11.9 Å². The van der Waals surface area contributed by atoms with Gasteiger partial charge in [-0.1, -0.05) is 6.92 Å². The van der Waals surface area contributed by atoms with Crippen LogP contribution in [0, 0.1) is 0 Å². The molecule has 16 heavy (non-hydrogen) atoms. The quantitative estimate of drug-likeness (QED) is 0.809. The van der Waals surface area contributed by atoms with Crippen LogP contribution in [0.25, 0.3) is 5.52 Å². The molecule has 84 valence electrons. The number of nitrogens with two attached hydrogens (primary N) is 1. The van der Waals surface area contributed by atoms with Crippen molar-refractivity contribution in [2.45, 2.75) is 13.3 Å². The van der Waals surface area contributed by atoms with Gasteiger partial charge in [-0.15, -0.1) is 0 Å². The average molecular weight is 218 g/mol. The van der Waals surface area contributed by atoms with Crippen molar-refractivity contribution in [1.82, 2.24) is 14.9 Å². The fraction of sp³-hybridized carbons (Fsp3) is 0.273. The second-order valence-electron chi connectivity index (χ2n) is 3.60. The van der Waals surface area contributed by atoms with E-state index in [1.54, 1.807) is 29.0 Å². The van der Waals surface area contributed by atoms with Gasteiger partial charge < -0.3 is 11.1 Å². The number of nitrogen functional groups attached to an aromatic ring is 1. The number of carbonyl (C=O) groups is 1. The van der Waals surface area contributed by atoms with E-state index in [4.69, 9.17) is 5.73 Å². The summed E-state index contributed by atoms with van der Waals surface area (Å²) in [6.45, 7) is 2.67. The van der Waals surface area contributed by atoms with Gasteiger partial charge in [-0.25, -0.2) is 4.52 Å². The number of nitrogens with one attached hydrogen (secondary N) is 1. The molecular formula is C11H14N4O. The first-order valence-corrected chi connectivity index (χ1v) is 5.23. The van der Waals surface area contributed by atoms with Crippen molar-refractivity contribution >= 4 is 17.1 Å². The van der Waals surface area contributed by atoms with Gasteiger partial charge in [0.05, 0.1) is 17.3 Å². The highest BCUT2D eigenvalue weighted by molar-refractivity contribution is 6.00. The lowest BCUT2D eigenvalue weighted by atomic mass is 10.2. The number of hydrogen-bond donors (Lipinski definition) is 2. The summed E-state index contributed by atoms with van der Waals surface area (Å²) in [6.07, 6.45) is 4.20. The van der Waals surface area contributed by atoms with Gasteiger partial charge in [0.2, 0.25) is 0 Å². The van der Waals surface area contributed by atoms with E-state index < -0.39 is 0 Å². The Bertz CT molecular complexity index is 518. The lowest BCUT2D eigenvalue weighted by Gasteiger charge is -2.01. The van der Waals surface area contributed by atoms with E-state index in [2.05, 4.69) is 10.4 Å². The van der Waals surface area contributed by atoms with Crippen molar-refractivity contribution in [1.29, 1.82) is 0 Å². The van der Waals surface area contributed by atoms with Crippen LogP contribution in [0.5, 0.6) is 0 Å². The normalized spacial score (nSPS) is 10.6. The van der Waals surface area contributed by atoms with E-state index >= 15 is 0 Å². The minimum atomic E-state index is -0.109. The van der Waals surface area contributed by atoms with E-state index in [-0.39, 0.29) is 5.91 Å². The first-order chi connectivity index (χ1) is 7.72. The molecule has 0 aliphatic rings. The summed E-state index contributed by atoms with van der Waals surface area (Å²) in [7, 11) is 0. The Kier molecular flexibility index (Phi) is 2.76. The van der Waals surface area contributed by atoms with Crippen LogP contribution in [-0.2, 0) is 0 Å². The van der Waals surface area contributed by atoms with Gasteiger partial charge in [0, 0.05) is 18.4 Å². The Morgan fingerprint density at radius 3 is 3.19 bits per heavy atom. The third kappa shape index (κ3) is 1.84. The molecule has 2 heterocycles. The van der Waals surface area contributed by atoms with Crippen molar-refractivity contribution in [3.8, 4) is 0 Å².